The van der Waals surface area contributed by atoms with E-state index in [1.165, 1.54) is 0 Å². The minimum Gasteiger partial charge on any atom is -0.481 e. The Kier molecular flexibility index (Phi) is 25.1. The Morgan fingerprint density at radius 1 is 0.741 bits per heavy atom. The molecule has 6 aliphatic rings. The number of carboxylic acids is 1. The maximum absolute atomic E-state index is 13.7. The van der Waals surface area contributed by atoms with Gasteiger partial charge in [-0.05, 0) is 107 Å². The molecule has 5 aliphatic carbocycles. The monoisotopic (exact) mass is 777 g/mol. The number of esters is 4. The Hall–Kier alpha value is -2.49. The van der Waals surface area contributed by atoms with Crippen LogP contribution < -0.4 is 0 Å². The van der Waals surface area contributed by atoms with Gasteiger partial charge in [0.15, 0.2) is 0 Å². The molecule has 54 heavy (non-hydrogen) atoms. The fourth-order valence-corrected chi connectivity index (χ4v) is 10.6. The summed E-state index contributed by atoms with van der Waals surface area (Å²) in [6, 6.07) is 0. The largest absolute Gasteiger partial charge is 0.481 e. The summed E-state index contributed by atoms with van der Waals surface area (Å²) >= 11 is 0. The Morgan fingerprint density at radius 2 is 1.28 bits per heavy atom. The molecule has 13 atom stereocenters. The molecule has 2 N–H and O–H groups in total. The van der Waals surface area contributed by atoms with Crippen molar-refractivity contribution < 1.29 is 48.4 Å². The number of carboxylic acid groups (broad SMARTS) is 1. The van der Waals surface area contributed by atoms with E-state index in [9.17, 15) is 34.2 Å². The number of aliphatic hydroxyl groups is 1. The van der Waals surface area contributed by atoms with E-state index in [0.29, 0.717) is 38.5 Å². The molecule has 6 rings (SSSR count). The minimum atomic E-state index is -1.02. The summed E-state index contributed by atoms with van der Waals surface area (Å²) in [5.74, 6) is -7.52. The number of rotatable bonds is 10. The average molecular weight is 777 g/mol. The van der Waals surface area contributed by atoms with Gasteiger partial charge in [-0.2, -0.15) is 0 Å². The molecule has 1 saturated heterocycles. The summed E-state index contributed by atoms with van der Waals surface area (Å²) in [5, 5.41) is 20.6. The van der Waals surface area contributed by atoms with E-state index in [-0.39, 0.29) is 133 Å². The van der Waals surface area contributed by atoms with Gasteiger partial charge in [0, 0.05) is 5.41 Å². The van der Waals surface area contributed by atoms with E-state index < -0.39 is 64.5 Å². The smallest absolute Gasteiger partial charge is 0.317 e. The van der Waals surface area contributed by atoms with Crippen LogP contribution in [0.2, 0.25) is 0 Å². The lowest BCUT2D eigenvalue weighted by Crippen LogP contribution is -2.59. The zero-order valence-electron chi connectivity index (χ0n) is 27.8. The molecule has 10 heteroatoms. The number of cyclic esters (lactones) is 2. The molecule has 13 unspecified atom stereocenters. The number of carbonyl (C=O) groups is 5. The van der Waals surface area contributed by atoms with E-state index in [1.807, 2.05) is 34.6 Å². The van der Waals surface area contributed by atoms with E-state index in [2.05, 4.69) is 6.92 Å². The SMILES string of the molecule is C.C.C.C.C.C.C.C.C.CCC(CC)(CO)COC(=O)C1C2CCC(C1C(=O)O)C(C1C3CC(C(=O)OC(C)(C)C)C(C3)C1C1C(=O)OC(=O)C1C)C2C. The number of aliphatic hydroxyl groups excluding tert-OH is 1. The predicted octanol–water partition coefficient (Wildman–Crippen LogP) is 10.2. The summed E-state index contributed by atoms with van der Waals surface area (Å²) in [5.41, 5.74) is -1.22. The number of hydrogen-bond donors (Lipinski definition) is 2. The van der Waals surface area contributed by atoms with Crippen molar-refractivity contribution in [1.29, 1.82) is 0 Å². The molecule has 1 heterocycles. The number of fused-ring (bicyclic) bond motifs is 5. The molecule has 0 radical (unpaired) electrons. The first-order valence-corrected chi connectivity index (χ1v) is 17.1. The second-order valence-electron chi connectivity index (χ2n) is 15.9. The van der Waals surface area contributed by atoms with Crippen molar-refractivity contribution >= 4 is 29.8 Å². The molecule has 0 amide bonds. The fourth-order valence-electron chi connectivity index (χ4n) is 10.6. The molecule has 4 bridgehead atoms. The van der Waals surface area contributed by atoms with Gasteiger partial charge in [0.25, 0.3) is 0 Å². The second kappa shape index (κ2) is 22.3. The zero-order chi connectivity index (χ0) is 33.2. The summed E-state index contributed by atoms with van der Waals surface area (Å²) < 4.78 is 16.8. The number of aliphatic carboxylic acids is 1. The molecule has 6 fully saturated rings. The molecular weight excluding hydrogens is 688 g/mol. The topological polar surface area (TPSA) is 154 Å². The lowest BCUT2D eigenvalue weighted by Gasteiger charge is -2.58. The summed E-state index contributed by atoms with van der Waals surface area (Å²) in [4.78, 5) is 66.0. The Labute approximate surface area is 332 Å². The van der Waals surface area contributed by atoms with Crippen LogP contribution in [0.4, 0.5) is 0 Å². The highest BCUT2D eigenvalue weighted by Gasteiger charge is 2.68. The second-order valence-corrected chi connectivity index (χ2v) is 15.9. The van der Waals surface area contributed by atoms with Crippen LogP contribution in [0, 0.1) is 82.3 Å². The summed E-state index contributed by atoms with van der Waals surface area (Å²) in [6.45, 7) is 13.1. The summed E-state index contributed by atoms with van der Waals surface area (Å²) in [6.07, 6.45) is 3.95. The van der Waals surface area contributed by atoms with Gasteiger partial charge in [-0.3, -0.25) is 24.0 Å². The predicted molar refractivity (Wildman–Crippen MR) is 221 cm³/mol. The maximum atomic E-state index is 13.7. The highest BCUT2D eigenvalue weighted by Crippen LogP contribution is 2.68. The average Bonchev–Trinajstić information content (AvgIpc) is 3.63. The minimum absolute atomic E-state index is 0. The van der Waals surface area contributed by atoms with Crippen LogP contribution in [0.25, 0.3) is 0 Å². The van der Waals surface area contributed by atoms with Gasteiger partial charge < -0.3 is 24.4 Å². The highest BCUT2D eigenvalue weighted by atomic mass is 16.6. The van der Waals surface area contributed by atoms with Crippen LogP contribution in [0.15, 0.2) is 0 Å². The lowest BCUT2D eigenvalue weighted by atomic mass is 9.45. The van der Waals surface area contributed by atoms with E-state index >= 15 is 0 Å². The van der Waals surface area contributed by atoms with Crippen molar-refractivity contribution in [3.05, 3.63) is 0 Å². The van der Waals surface area contributed by atoms with Gasteiger partial charge in [0.2, 0.25) is 0 Å². The third-order valence-corrected chi connectivity index (χ3v) is 12.9. The molecule has 1 aliphatic heterocycles. The van der Waals surface area contributed by atoms with Crippen LogP contribution in [-0.4, -0.2) is 58.9 Å². The Bertz CT molecular complexity index is 1190. The normalized spacial score (nSPS) is 34.0. The molecular formula is C44H88O10. The van der Waals surface area contributed by atoms with Crippen LogP contribution in [0.5, 0.6) is 0 Å². The third kappa shape index (κ3) is 10.3. The molecule has 10 nitrogen and oxygen atoms in total. The van der Waals surface area contributed by atoms with Crippen LogP contribution >= 0.6 is 0 Å². The van der Waals surface area contributed by atoms with Gasteiger partial charge >= 0.3 is 29.8 Å². The number of carbonyl (C=O) groups excluding carboxylic acids is 4. The van der Waals surface area contributed by atoms with Crippen LogP contribution in [-0.2, 0) is 38.2 Å². The van der Waals surface area contributed by atoms with Gasteiger partial charge in [-0.1, -0.05) is 94.5 Å². The number of hydrogen-bond acceptors (Lipinski definition) is 9. The molecule has 0 aromatic carbocycles. The van der Waals surface area contributed by atoms with Crippen molar-refractivity contribution in [3.8, 4) is 0 Å². The highest BCUT2D eigenvalue weighted by molar-refractivity contribution is 5.96. The molecule has 0 spiro atoms. The maximum Gasteiger partial charge on any atom is 0.317 e. The molecule has 5 saturated carbocycles. The molecule has 324 valence electrons. The fraction of sp³-hybridized carbons (Fsp3) is 0.886. The molecule has 0 aromatic rings. The Morgan fingerprint density at radius 3 is 1.72 bits per heavy atom. The van der Waals surface area contributed by atoms with Crippen molar-refractivity contribution in [2.45, 2.75) is 159 Å². The zero-order valence-corrected chi connectivity index (χ0v) is 27.8. The first-order valence-electron chi connectivity index (χ1n) is 17.1. The first kappa shape index (κ1) is 60.8. The van der Waals surface area contributed by atoms with Gasteiger partial charge in [-0.15, -0.1) is 0 Å². The summed E-state index contributed by atoms with van der Waals surface area (Å²) in [7, 11) is 0. The first-order chi connectivity index (χ1) is 21.1. The van der Waals surface area contributed by atoms with Gasteiger partial charge in [0.05, 0.1) is 42.8 Å². The van der Waals surface area contributed by atoms with Gasteiger partial charge in [0.1, 0.15) is 5.60 Å². The quantitative estimate of drug-likeness (QED) is 0.124. The van der Waals surface area contributed by atoms with Crippen molar-refractivity contribution in [1.82, 2.24) is 0 Å². The van der Waals surface area contributed by atoms with E-state index in [4.69, 9.17) is 14.2 Å². The Balaban J connectivity index is -0.000000889. The van der Waals surface area contributed by atoms with Gasteiger partial charge in [-0.25, -0.2) is 0 Å². The van der Waals surface area contributed by atoms with E-state index in [1.54, 1.807) is 6.92 Å². The van der Waals surface area contributed by atoms with Crippen LogP contribution in [0.1, 0.15) is 154 Å². The lowest BCUT2D eigenvalue weighted by molar-refractivity contribution is -0.189. The van der Waals surface area contributed by atoms with Crippen LogP contribution in [0.3, 0.4) is 0 Å². The van der Waals surface area contributed by atoms with E-state index in [0.717, 1.165) is 0 Å². The van der Waals surface area contributed by atoms with Crippen molar-refractivity contribution in [2.24, 2.45) is 82.3 Å². The third-order valence-electron chi connectivity index (χ3n) is 12.9. The molecule has 0 aromatic heterocycles. The number of ether oxygens (including phenoxy) is 3. The van der Waals surface area contributed by atoms with Crippen molar-refractivity contribution in [3.63, 3.8) is 0 Å². The standard InChI is InChI=1S/C35H52O10.9CH4/c1-8-35(9-2,14-36)15-43-32(41)28-19-10-11-20(27(28)29(37)38)23(16(19)3)25-18-12-21(22(13-18)31(40)45-34(5,6)7)26(25)24-17(4)30(39)44-33(24)42;;;;;;;;;/h16-28,36H,8-15H2,1-7H3,(H,37,38);9*1H4. The van der Waals surface area contributed by atoms with Crippen molar-refractivity contribution in [2.75, 3.05) is 13.2 Å².